The zero-order valence-electron chi connectivity index (χ0n) is 14.4. The van der Waals surface area contributed by atoms with E-state index in [1.165, 1.54) is 6.92 Å². The minimum Gasteiger partial charge on any atom is -0.347 e. The fraction of sp³-hybridized carbons (Fsp3) is 0.500. The fourth-order valence-corrected chi connectivity index (χ4v) is 2.56. The molecule has 2 atom stereocenters. The molecule has 8 nitrogen and oxygen atoms in total. The lowest BCUT2D eigenvalue weighted by Gasteiger charge is -2.37. The van der Waals surface area contributed by atoms with Gasteiger partial charge in [-0.05, 0) is 12.0 Å². The lowest BCUT2D eigenvalue weighted by molar-refractivity contribution is -0.133. The Bertz CT molecular complexity index is 670. The molecule has 0 unspecified atom stereocenters. The van der Waals surface area contributed by atoms with Crippen LogP contribution in [0.3, 0.4) is 0 Å². The van der Waals surface area contributed by atoms with E-state index in [4.69, 9.17) is 10.3 Å². The molecule has 0 radical (unpaired) electrons. The molecule has 1 saturated heterocycles. The molecule has 2 amide bonds. The molecule has 0 saturated carbocycles. The van der Waals surface area contributed by atoms with Gasteiger partial charge < -0.3 is 16.0 Å². The summed E-state index contributed by atoms with van der Waals surface area (Å²) in [6, 6.07) is 10.1. The Hall–Kier alpha value is -1.97. The van der Waals surface area contributed by atoms with Gasteiger partial charge in [0.05, 0.1) is 12.8 Å². The molecule has 140 valence electrons. The fourth-order valence-electron chi connectivity index (χ4n) is 2.56. The maximum Gasteiger partial charge on any atom is 0.261 e. The number of nitrogens with two attached hydrogens (primary N) is 1. The molecule has 0 bridgehead atoms. The van der Waals surface area contributed by atoms with Gasteiger partial charge in [-0.1, -0.05) is 30.3 Å². The molecule has 1 aromatic rings. The van der Waals surface area contributed by atoms with Crippen molar-refractivity contribution in [1.82, 2.24) is 10.2 Å². The van der Waals surface area contributed by atoms with Crippen molar-refractivity contribution in [2.75, 3.05) is 25.9 Å². The van der Waals surface area contributed by atoms with E-state index < -0.39 is 10.1 Å². The smallest absolute Gasteiger partial charge is 0.261 e. The van der Waals surface area contributed by atoms with Gasteiger partial charge in [0.1, 0.15) is 0 Å². The number of hydrogen-bond donors (Lipinski definition) is 3. The zero-order valence-corrected chi connectivity index (χ0v) is 15.2. The van der Waals surface area contributed by atoms with Gasteiger partial charge in [-0.3, -0.25) is 14.1 Å². The van der Waals surface area contributed by atoms with E-state index in [-0.39, 0.29) is 30.3 Å². The first-order chi connectivity index (χ1) is 11.6. The summed E-state index contributed by atoms with van der Waals surface area (Å²) in [6.45, 7) is 2.74. The van der Waals surface area contributed by atoms with Gasteiger partial charge in [-0.15, -0.1) is 0 Å². The highest BCUT2D eigenvalue weighted by atomic mass is 32.2. The highest BCUT2D eigenvalue weighted by Crippen LogP contribution is 2.25. The van der Waals surface area contributed by atoms with E-state index in [1.54, 1.807) is 4.90 Å². The van der Waals surface area contributed by atoms with Crippen LogP contribution in [-0.2, 0) is 19.7 Å². The summed E-state index contributed by atoms with van der Waals surface area (Å²) in [6.07, 6.45) is 1.50. The molecular formula is C16H25N3O5S. The SMILES string of the molecule is CC(=O)NCC(=O)N1CC[C@H](N)[C@H](c2ccccc2)C1.CS(=O)(=O)O. The summed E-state index contributed by atoms with van der Waals surface area (Å²) in [5, 5.41) is 2.55. The minimum atomic E-state index is -3.67. The number of benzene rings is 1. The van der Waals surface area contributed by atoms with Crippen LogP contribution in [0.1, 0.15) is 24.8 Å². The second-order valence-electron chi connectivity index (χ2n) is 5.95. The van der Waals surface area contributed by atoms with Crippen LogP contribution in [0, 0.1) is 0 Å². The molecule has 0 spiro atoms. The number of nitrogens with zero attached hydrogens (tertiary/aromatic N) is 1. The van der Waals surface area contributed by atoms with Gasteiger partial charge in [0, 0.05) is 32.0 Å². The number of carbonyl (C=O) groups is 2. The Balaban J connectivity index is 0.000000550. The Labute approximate surface area is 148 Å². The molecule has 4 N–H and O–H groups in total. The molecule has 1 aliphatic heterocycles. The van der Waals surface area contributed by atoms with Crippen molar-refractivity contribution >= 4 is 21.9 Å². The highest BCUT2D eigenvalue weighted by Gasteiger charge is 2.30. The lowest BCUT2D eigenvalue weighted by atomic mass is 9.86. The zero-order chi connectivity index (χ0) is 19.0. The average molecular weight is 371 g/mol. The first-order valence-corrected chi connectivity index (χ1v) is 9.68. The predicted molar refractivity (Wildman–Crippen MR) is 94.5 cm³/mol. The average Bonchev–Trinajstić information content (AvgIpc) is 2.52. The number of carbonyl (C=O) groups excluding carboxylic acids is 2. The number of amides is 2. The normalized spacial score (nSPS) is 20.2. The summed E-state index contributed by atoms with van der Waals surface area (Å²) < 4.78 is 25.9. The van der Waals surface area contributed by atoms with Crippen molar-refractivity contribution < 1.29 is 22.6 Å². The van der Waals surface area contributed by atoms with Crippen molar-refractivity contribution in [3.63, 3.8) is 0 Å². The van der Waals surface area contributed by atoms with Crippen LogP contribution in [0.15, 0.2) is 30.3 Å². The van der Waals surface area contributed by atoms with Crippen LogP contribution in [0.4, 0.5) is 0 Å². The van der Waals surface area contributed by atoms with E-state index in [0.717, 1.165) is 12.0 Å². The van der Waals surface area contributed by atoms with Crippen molar-refractivity contribution in [3.8, 4) is 0 Å². The summed E-state index contributed by atoms with van der Waals surface area (Å²) in [5.41, 5.74) is 7.35. The molecule has 1 fully saturated rings. The first kappa shape index (κ1) is 21.1. The van der Waals surface area contributed by atoms with Gasteiger partial charge in [0.25, 0.3) is 10.1 Å². The third kappa shape index (κ3) is 8.62. The van der Waals surface area contributed by atoms with Crippen LogP contribution in [0.5, 0.6) is 0 Å². The van der Waals surface area contributed by atoms with Gasteiger partial charge in [-0.25, -0.2) is 0 Å². The molecule has 2 rings (SSSR count). The minimum absolute atomic E-state index is 0.0481. The van der Waals surface area contributed by atoms with Gasteiger partial charge in [0.2, 0.25) is 11.8 Å². The quantitative estimate of drug-likeness (QED) is 0.640. The molecule has 9 heteroatoms. The van der Waals surface area contributed by atoms with Crippen LogP contribution in [0.25, 0.3) is 0 Å². The Morgan fingerprint density at radius 1 is 1.32 bits per heavy atom. The number of rotatable bonds is 3. The summed E-state index contributed by atoms with van der Waals surface area (Å²) in [7, 11) is -3.67. The van der Waals surface area contributed by atoms with Crippen molar-refractivity contribution in [2.24, 2.45) is 5.73 Å². The van der Waals surface area contributed by atoms with Crippen LogP contribution in [-0.4, -0.2) is 61.6 Å². The van der Waals surface area contributed by atoms with Crippen molar-refractivity contribution in [2.45, 2.75) is 25.3 Å². The van der Waals surface area contributed by atoms with E-state index in [0.29, 0.717) is 19.3 Å². The molecule has 1 aliphatic rings. The van der Waals surface area contributed by atoms with Crippen molar-refractivity contribution in [3.05, 3.63) is 35.9 Å². The second-order valence-corrected chi connectivity index (χ2v) is 7.42. The number of likely N-dealkylation sites (tertiary alicyclic amines) is 1. The lowest BCUT2D eigenvalue weighted by Crippen LogP contribution is -2.50. The molecular weight excluding hydrogens is 346 g/mol. The summed E-state index contributed by atoms with van der Waals surface area (Å²) in [4.78, 5) is 24.7. The monoisotopic (exact) mass is 371 g/mol. The molecule has 1 heterocycles. The van der Waals surface area contributed by atoms with Gasteiger partial charge in [-0.2, -0.15) is 8.42 Å². The molecule has 0 aromatic heterocycles. The van der Waals surface area contributed by atoms with Crippen LogP contribution < -0.4 is 11.1 Å². The highest BCUT2D eigenvalue weighted by molar-refractivity contribution is 7.85. The second kappa shape index (κ2) is 9.50. The van der Waals surface area contributed by atoms with Crippen LogP contribution in [0.2, 0.25) is 0 Å². The van der Waals surface area contributed by atoms with E-state index in [9.17, 15) is 18.0 Å². The van der Waals surface area contributed by atoms with E-state index in [1.807, 2.05) is 30.3 Å². The van der Waals surface area contributed by atoms with Gasteiger partial charge in [0.15, 0.2) is 0 Å². The Kier molecular flexibility index (Phi) is 8.01. The van der Waals surface area contributed by atoms with Crippen LogP contribution >= 0.6 is 0 Å². The maximum atomic E-state index is 12.1. The van der Waals surface area contributed by atoms with Crippen molar-refractivity contribution in [1.29, 1.82) is 0 Å². The van der Waals surface area contributed by atoms with Gasteiger partial charge >= 0.3 is 0 Å². The molecule has 1 aromatic carbocycles. The number of piperidine rings is 1. The Morgan fingerprint density at radius 2 is 1.88 bits per heavy atom. The largest absolute Gasteiger partial charge is 0.347 e. The summed E-state index contributed by atoms with van der Waals surface area (Å²) >= 11 is 0. The predicted octanol–water partition coefficient (Wildman–Crippen LogP) is -0.0301. The third-order valence-electron chi connectivity index (χ3n) is 3.74. The first-order valence-electron chi connectivity index (χ1n) is 7.83. The maximum absolute atomic E-state index is 12.1. The Morgan fingerprint density at radius 3 is 2.40 bits per heavy atom. The molecule has 0 aliphatic carbocycles. The van der Waals surface area contributed by atoms with E-state index >= 15 is 0 Å². The number of nitrogens with one attached hydrogen (secondary N) is 1. The standard InChI is InChI=1S/C15H21N3O2.CH4O3S/c1-11(19)17-9-15(20)18-8-7-14(16)13(10-18)12-5-3-2-4-6-12;1-5(2,3)4/h2-6,13-14H,7-10,16H2,1H3,(H,17,19);1H3,(H,2,3,4)/t13-,14-;/m0./s1. The third-order valence-corrected chi connectivity index (χ3v) is 3.74. The topological polar surface area (TPSA) is 130 Å². The summed E-state index contributed by atoms with van der Waals surface area (Å²) in [5.74, 6) is -0.0778. The molecule has 25 heavy (non-hydrogen) atoms. The van der Waals surface area contributed by atoms with E-state index in [2.05, 4.69) is 5.32 Å². The number of hydrogen-bond acceptors (Lipinski definition) is 5.